The van der Waals surface area contributed by atoms with E-state index in [0.717, 1.165) is 15.9 Å². The van der Waals surface area contributed by atoms with Crippen molar-refractivity contribution in [3.63, 3.8) is 0 Å². The van der Waals surface area contributed by atoms with E-state index >= 15 is 0 Å². The molecule has 80 valence electrons. The number of rotatable bonds is 0. The van der Waals surface area contributed by atoms with Crippen LogP contribution in [0.3, 0.4) is 0 Å². The van der Waals surface area contributed by atoms with Crippen LogP contribution in [0.1, 0.15) is 21.7 Å². The topological polar surface area (TPSA) is 67.2 Å². The summed E-state index contributed by atoms with van der Waals surface area (Å²) in [6.07, 6.45) is 0. The van der Waals surface area contributed by atoms with Gasteiger partial charge >= 0.3 is 6.03 Å². The fourth-order valence-electron chi connectivity index (χ4n) is 1.58. The van der Waals surface area contributed by atoms with Gasteiger partial charge in [0, 0.05) is 26.2 Å². The zero-order valence-electron chi connectivity index (χ0n) is 8.87. The van der Waals surface area contributed by atoms with Gasteiger partial charge in [-0.2, -0.15) is 9.78 Å². The maximum Gasteiger partial charge on any atom is 0.344 e. The van der Waals surface area contributed by atoms with Crippen molar-refractivity contribution in [1.82, 2.24) is 20.0 Å². The van der Waals surface area contributed by atoms with E-state index in [1.807, 2.05) is 0 Å². The van der Waals surface area contributed by atoms with Crippen LogP contribution in [-0.4, -0.2) is 40.7 Å². The quantitative estimate of drug-likeness (QED) is 0.650. The summed E-state index contributed by atoms with van der Waals surface area (Å²) in [7, 11) is 3.25. The third-order valence-electron chi connectivity index (χ3n) is 2.39. The number of aryl methyl sites for hydroxylation is 1. The summed E-state index contributed by atoms with van der Waals surface area (Å²) < 4.78 is 1.16. The maximum absolute atomic E-state index is 11.7. The Balaban J connectivity index is 2.55. The van der Waals surface area contributed by atoms with Gasteiger partial charge in [0.1, 0.15) is 5.69 Å². The Hall–Kier alpha value is -1.85. The van der Waals surface area contributed by atoms with Crippen molar-refractivity contribution in [2.24, 2.45) is 0 Å². The zero-order valence-corrected chi connectivity index (χ0v) is 8.87. The molecule has 0 atom stereocenters. The van der Waals surface area contributed by atoms with Crippen LogP contribution in [0, 0.1) is 6.92 Å². The lowest BCUT2D eigenvalue weighted by molar-refractivity contribution is 0.0955. The number of carbonyl (C=O) groups excluding carboxylic acids is 2. The second kappa shape index (κ2) is 3.08. The molecular weight excluding hydrogens is 196 g/mol. The van der Waals surface area contributed by atoms with Gasteiger partial charge in [-0.15, -0.1) is 0 Å². The SMILES string of the molecule is Cc1nn(C(=O)N(C)C)c2c1CNC2=O. The Labute approximate surface area is 86.9 Å². The smallest absolute Gasteiger partial charge is 0.344 e. The second-order valence-corrected chi connectivity index (χ2v) is 3.68. The standard InChI is InChI=1S/C9H12N4O2/c1-5-6-4-10-8(14)7(6)13(11-5)9(15)12(2)3/h4H2,1-3H3,(H,10,14). The Bertz CT molecular complexity index is 447. The summed E-state index contributed by atoms with van der Waals surface area (Å²) in [5, 5.41) is 6.74. The third kappa shape index (κ3) is 1.29. The van der Waals surface area contributed by atoms with Crippen molar-refractivity contribution in [3.8, 4) is 0 Å². The fraction of sp³-hybridized carbons (Fsp3) is 0.444. The van der Waals surface area contributed by atoms with Gasteiger partial charge in [-0.1, -0.05) is 0 Å². The lowest BCUT2D eigenvalue weighted by Crippen LogP contribution is -2.31. The molecule has 0 bridgehead atoms. The minimum Gasteiger partial charge on any atom is -0.346 e. The number of fused-ring (bicyclic) bond motifs is 1. The molecule has 0 radical (unpaired) electrons. The number of nitrogens with one attached hydrogen (secondary N) is 1. The molecule has 1 aliphatic rings. The van der Waals surface area contributed by atoms with Crippen molar-refractivity contribution >= 4 is 11.9 Å². The van der Waals surface area contributed by atoms with Gasteiger partial charge in [-0.05, 0) is 6.92 Å². The van der Waals surface area contributed by atoms with Crippen molar-refractivity contribution in [2.45, 2.75) is 13.5 Å². The molecule has 2 rings (SSSR count). The molecule has 1 aliphatic heterocycles. The molecule has 0 saturated carbocycles. The van der Waals surface area contributed by atoms with Crippen LogP contribution >= 0.6 is 0 Å². The minimum atomic E-state index is -0.309. The molecule has 2 heterocycles. The molecule has 1 aromatic rings. The van der Waals surface area contributed by atoms with Gasteiger partial charge in [0.25, 0.3) is 5.91 Å². The Morgan fingerprint density at radius 3 is 2.80 bits per heavy atom. The first-order valence-electron chi connectivity index (χ1n) is 4.60. The predicted molar refractivity (Wildman–Crippen MR) is 52.6 cm³/mol. The molecule has 0 saturated heterocycles. The van der Waals surface area contributed by atoms with Crippen molar-refractivity contribution in [2.75, 3.05) is 14.1 Å². The van der Waals surface area contributed by atoms with Gasteiger partial charge in [-0.3, -0.25) is 4.79 Å². The van der Waals surface area contributed by atoms with Crippen LogP contribution in [0.2, 0.25) is 0 Å². The highest BCUT2D eigenvalue weighted by atomic mass is 16.2. The van der Waals surface area contributed by atoms with E-state index in [1.165, 1.54) is 4.90 Å². The molecule has 6 heteroatoms. The Morgan fingerprint density at radius 2 is 2.20 bits per heavy atom. The molecule has 0 unspecified atom stereocenters. The van der Waals surface area contributed by atoms with Gasteiger partial charge < -0.3 is 10.2 Å². The van der Waals surface area contributed by atoms with Gasteiger partial charge in [0.05, 0.1) is 5.69 Å². The first-order chi connectivity index (χ1) is 7.02. The average molecular weight is 208 g/mol. The van der Waals surface area contributed by atoms with Gasteiger partial charge in [-0.25, -0.2) is 4.79 Å². The van der Waals surface area contributed by atoms with Crippen LogP contribution in [0.5, 0.6) is 0 Å². The Morgan fingerprint density at radius 1 is 1.53 bits per heavy atom. The van der Waals surface area contributed by atoms with E-state index in [2.05, 4.69) is 10.4 Å². The van der Waals surface area contributed by atoms with Crippen LogP contribution < -0.4 is 5.32 Å². The van der Waals surface area contributed by atoms with Gasteiger partial charge in [0.15, 0.2) is 0 Å². The summed E-state index contributed by atoms with van der Waals surface area (Å²) in [6, 6.07) is -0.309. The lowest BCUT2D eigenvalue weighted by atomic mass is 10.2. The fourth-order valence-corrected chi connectivity index (χ4v) is 1.58. The first-order valence-corrected chi connectivity index (χ1v) is 4.60. The summed E-state index contributed by atoms with van der Waals surface area (Å²) in [5.74, 6) is -0.235. The molecule has 0 fully saturated rings. The predicted octanol–water partition coefficient (Wildman–Crippen LogP) is -0.0354. The summed E-state index contributed by atoms with van der Waals surface area (Å²) in [6.45, 7) is 2.25. The summed E-state index contributed by atoms with van der Waals surface area (Å²) in [4.78, 5) is 24.6. The van der Waals surface area contributed by atoms with E-state index < -0.39 is 0 Å². The molecule has 0 aliphatic carbocycles. The molecule has 15 heavy (non-hydrogen) atoms. The molecule has 1 aromatic heterocycles. The third-order valence-corrected chi connectivity index (χ3v) is 2.39. The Kier molecular flexibility index (Phi) is 1.99. The van der Waals surface area contributed by atoms with E-state index in [-0.39, 0.29) is 11.9 Å². The number of amides is 2. The largest absolute Gasteiger partial charge is 0.346 e. The molecule has 2 amide bonds. The highest BCUT2D eigenvalue weighted by molar-refractivity contribution is 6.00. The van der Waals surface area contributed by atoms with E-state index in [9.17, 15) is 9.59 Å². The van der Waals surface area contributed by atoms with Gasteiger partial charge in [0.2, 0.25) is 0 Å². The van der Waals surface area contributed by atoms with Crippen LogP contribution in [0.4, 0.5) is 4.79 Å². The summed E-state index contributed by atoms with van der Waals surface area (Å²) in [5.41, 5.74) is 1.90. The molecule has 0 spiro atoms. The monoisotopic (exact) mass is 208 g/mol. The summed E-state index contributed by atoms with van der Waals surface area (Å²) >= 11 is 0. The first kappa shape index (κ1) is 9.70. The lowest BCUT2D eigenvalue weighted by Gasteiger charge is -2.10. The normalized spacial score (nSPS) is 13.7. The van der Waals surface area contributed by atoms with Crippen molar-refractivity contribution in [1.29, 1.82) is 0 Å². The van der Waals surface area contributed by atoms with E-state index in [1.54, 1.807) is 21.0 Å². The molecular formula is C9H12N4O2. The minimum absolute atomic E-state index is 0.235. The second-order valence-electron chi connectivity index (χ2n) is 3.68. The number of hydrogen-bond donors (Lipinski definition) is 1. The highest BCUT2D eigenvalue weighted by Crippen LogP contribution is 2.19. The molecule has 1 N–H and O–H groups in total. The average Bonchev–Trinajstić information content (AvgIpc) is 2.69. The number of aromatic nitrogens is 2. The van der Waals surface area contributed by atoms with Crippen LogP contribution in [-0.2, 0) is 6.54 Å². The zero-order chi connectivity index (χ0) is 11.2. The maximum atomic E-state index is 11.7. The molecule has 6 nitrogen and oxygen atoms in total. The van der Waals surface area contributed by atoms with Crippen molar-refractivity contribution in [3.05, 3.63) is 17.0 Å². The van der Waals surface area contributed by atoms with Crippen molar-refractivity contribution < 1.29 is 9.59 Å². The number of nitrogens with zero attached hydrogens (tertiary/aromatic N) is 3. The highest BCUT2D eigenvalue weighted by Gasteiger charge is 2.30. The van der Waals surface area contributed by atoms with Crippen LogP contribution in [0.25, 0.3) is 0 Å². The van der Waals surface area contributed by atoms with E-state index in [4.69, 9.17) is 0 Å². The van der Waals surface area contributed by atoms with E-state index in [0.29, 0.717) is 12.2 Å². The van der Waals surface area contributed by atoms with Crippen LogP contribution in [0.15, 0.2) is 0 Å². The number of hydrogen-bond acceptors (Lipinski definition) is 3. The number of carbonyl (C=O) groups is 2. The molecule has 0 aromatic carbocycles.